The average Bonchev–Trinajstić information content (AvgIpc) is 3.29. The summed E-state index contributed by atoms with van der Waals surface area (Å²) in [4.78, 5) is 72.4. The average molecular weight is 928 g/mol. The maximum atomic E-state index is 14.5. The quantitative estimate of drug-likeness (QED) is 0.162. The molecule has 4 heterocycles. The second kappa shape index (κ2) is 23.8. The molecule has 4 bridgehead atoms. The number of carbonyl (C=O) groups excluding carboxylic acids is 5. The van der Waals surface area contributed by atoms with Gasteiger partial charge in [-0.05, 0) is 107 Å². The van der Waals surface area contributed by atoms with Crippen molar-refractivity contribution in [3.05, 3.63) is 47.6 Å². The van der Waals surface area contributed by atoms with Gasteiger partial charge in [0.05, 0.1) is 18.3 Å². The summed E-state index contributed by atoms with van der Waals surface area (Å²) >= 11 is 1.79. The molecule has 13 nitrogen and oxygen atoms in total. The molecule has 1 aliphatic carbocycles. The van der Waals surface area contributed by atoms with Gasteiger partial charge in [0.25, 0.3) is 11.7 Å². The Hall–Kier alpha value is -2.98. The number of thioether (sulfide) groups is 1. The van der Waals surface area contributed by atoms with Gasteiger partial charge >= 0.3 is 5.97 Å². The number of hydrogen-bond acceptors (Lipinski definition) is 13. The zero-order chi connectivity index (χ0) is 47.7. The van der Waals surface area contributed by atoms with Crippen LogP contribution in [0.4, 0.5) is 0 Å². The van der Waals surface area contributed by atoms with Crippen LogP contribution in [0.15, 0.2) is 47.6 Å². The molecule has 2 N–H and O–H groups in total. The first-order chi connectivity index (χ1) is 30.9. The molecule has 2 unspecified atom stereocenters. The van der Waals surface area contributed by atoms with Crippen LogP contribution < -0.4 is 0 Å². The minimum Gasteiger partial charge on any atom is -0.460 e. The second-order valence-corrected chi connectivity index (χ2v) is 20.8. The molecule has 4 fully saturated rings. The maximum Gasteiger partial charge on any atom is 0.329 e. The SMILES string of the molecule is CO[C@H]1C[C@@H]2CC[C@@H](C)[C@@](O)(O2)C(=O)C(=O)N2CCC[C@@H]3C(C[C@@H]4CCC(SC)[C@H](OC)C4)[C@H](CC(=O)[C@H](C)/C=C(\C)[C@@H](O)[C@@H](OC)C(=O)[C@H](C)C[C@H](C)/C=C/C=C/C=C/1C)OC(=O)[C@H]32. The van der Waals surface area contributed by atoms with Crippen molar-refractivity contribution >= 4 is 41.0 Å². The molecule has 1 saturated carbocycles. The lowest BCUT2D eigenvalue weighted by molar-refractivity contribution is -0.266. The van der Waals surface area contributed by atoms with E-state index in [1.165, 1.54) is 12.0 Å². The number of rotatable bonds is 6. The molecule has 16 atom stereocenters. The summed E-state index contributed by atoms with van der Waals surface area (Å²) in [5.41, 5.74) is 1.31. The monoisotopic (exact) mass is 928 g/mol. The summed E-state index contributed by atoms with van der Waals surface area (Å²) in [5, 5.41) is 23.9. The Kier molecular flexibility index (Phi) is 19.4. The van der Waals surface area contributed by atoms with Crippen molar-refractivity contribution in [1.82, 2.24) is 4.90 Å². The molecule has 5 rings (SSSR count). The number of aliphatic hydroxyl groups excluding tert-OH is 1. The minimum atomic E-state index is -2.41. The van der Waals surface area contributed by atoms with Crippen molar-refractivity contribution in [2.24, 2.45) is 41.4 Å². The lowest BCUT2D eigenvalue weighted by atomic mass is 9.68. The van der Waals surface area contributed by atoms with E-state index in [4.69, 9.17) is 23.7 Å². The molecule has 364 valence electrons. The van der Waals surface area contributed by atoms with E-state index in [9.17, 15) is 34.2 Å². The minimum absolute atomic E-state index is 0.0330. The first kappa shape index (κ1) is 53.0. The molecule has 4 aliphatic heterocycles. The van der Waals surface area contributed by atoms with Crippen molar-refractivity contribution in [1.29, 1.82) is 0 Å². The van der Waals surface area contributed by atoms with Crippen molar-refractivity contribution in [3.63, 3.8) is 0 Å². The number of esters is 1. The van der Waals surface area contributed by atoms with Crippen LogP contribution in [-0.4, -0.2) is 132 Å². The van der Waals surface area contributed by atoms with Crippen LogP contribution in [-0.2, 0) is 47.7 Å². The molecular weight excluding hydrogens is 851 g/mol. The molecule has 0 aromatic carbocycles. The van der Waals surface area contributed by atoms with Gasteiger partial charge in [0.2, 0.25) is 5.79 Å². The largest absolute Gasteiger partial charge is 0.460 e. The third kappa shape index (κ3) is 12.6. The Bertz CT molecular complexity index is 1810. The van der Waals surface area contributed by atoms with E-state index in [2.05, 4.69) is 6.26 Å². The van der Waals surface area contributed by atoms with Gasteiger partial charge in [0.1, 0.15) is 30.1 Å². The van der Waals surface area contributed by atoms with Gasteiger partial charge in [-0.1, -0.05) is 64.2 Å². The van der Waals surface area contributed by atoms with Crippen LogP contribution in [0.2, 0.25) is 0 Å². The molecule has 3 saturated heterocycles. The van der Waals surface area contributed by atoms with E-state index in [1.807, 2.05) is 51.2 Å². The first-order valence-corrected chi connectivity index (χ1v) is 25.2. The maximum absolute atomic E-state index is 14.5. The third-order valence-electron chi connectivity index (χ3n) is 15.2. The predicted octanol–water partition coefficient (Wildman–Crippen LogP) is 6.77. The Morgan fingerprint density at radius 2 is 1.62 bits per heavy atom. The summed E-state index contributed by atoms with van der Waals surface area (Å²) in [6.07, 6.45) is 15.3. The molecule has 0 spiro atoms. The highest BCUT2D eigenvalue weighted by atomic mass is 32.2. The zero-order valence-electron chi connectivity index (χ0n) is 40.4. The number of piperidine rings is 1. The Labute approximate surface area is 391 Å². The van der Waals surface area contributed by atoms with Crippen molar-refractivity contribution < 1.29 is 57.9 Å². The van der Waals surface area contributed by atoms with Crippen LogP contribution in [0.5, 0.6) is 0 Å². The van der Waals surface area contributed by atoms with Gasteiger partial charge in [0, 0.05) is 69.6 Å². The number of ether oxygens (including phenoxy) is 5. The topological polar surface area (TPSA) is 175 Å². The molecule has 14 heteroatoms. The van der Waals surface area contributed by atoms with E-state index in [-0.39, 0.29) is 48.4 Å². The first-order valence-electron chi connectivity index (χ1n) is 23.9. The van der Waals surface area contributed by atoms with E-state index >= 15 is 0 Å². The molecular formula is C51H77NO12S. The highest BCUT2D eigenvalue weighted by Gasteiger charge is 2.57. The predicted molar refractivity (Wildman–Crippen MR) is 250 cm³/mol. The number of ketones is 3. The van der Waals surface area contributed by atoms with Gasteiger partial charge in [-0.15, -0.1) is 0 Å². The Morgan fingerprint density at radius 1 is 0.877 bits per heavy atom. The van der Waals surface area contributed by atoms with Gasteiger partial charge in [-0.3, -0.25) is 19.2 Å². The van der Waals surface area contributed by atoms with Gasteiger partial charge < -0.3 is 38.8 Å². The molecule has 5 aliphatic rings. The standard InChI is InChI=1S/C51H77NO12S/c1-29-15-12-11-13-16-30(2)40(60-7)27-36-20-18-34(6)51(59,64-36)48(56)49(57)52-22-14-17-37-38(25-35-19-21-43(65-10)42(26-35)61-8)41(63-50(58)44(37)52)28-39(53)31(3)24-33(5)46(55)47(62-9)45(54)32(4)23-29/h11-13,15-16,24,29,31-32,34-38,40-44,46-47,55,59H,14,17-23,25-28H2,1-10H3/b13-11+,15-12+,30-16+,33-24+/t29-,31-,32-,34-,35+,36+,37-,38?,40+,41+,42-,43?,44+,46-,47+,51-/m1/s1. The second-order valence-electron chi connectivity index (χ2n) is 19.7. The third-order valence-corrected chi connectivity index (χ3v) is 16.3. The number of nitrogens with zero attached hydrogens (tertiary/aromatic N) is 1. The lowest BCUT2D eigenvalue weighted by Gasteiger charge is -2.50. The van der Waals surface area contributed by atoms with Crippen molar-refractivity contribution in [3.8, 4) is 0 Å². The fraction of sp³-hybridized carbons (Fsp3) is 0.745. The number of aliphatic hydroxyl groups is 2. The van der Waals surface area contributed by atoms with Crippen molar-refractivity contribution in [2.45, 2.75) is 166 Å². The van der Waals surface area contributed by atoms with E-state index in [0.29, 0.717) is 55.8 Å². The summed E-state index contributed by atoms with van der Waals surface area (Å²) in [6.45, 7) is 11.0. The summed E-state index contributed by atoms with van der Waals surface area (Å²) in [5.74, 6) is -7.91. The molecule has 0 aromatic heterocycles. The van der Waals surface area contributed by atoms with Crippen LogP contribution >= 0.6 is 11.8 Å². The fourth-order valence-corrected chi connectivity index (χ4v) is 12.1. The van der Waals surface area contributed by atoms with Gasteiger partial charge in [-0.25, -0.2) is 4.79 Å². The number of Topliss-reactive ketones (excluding diaryl/α,β-unsaturated/α-hetero) is 3. The van der Waals surface area contributed by atoms with E-state index in [1.54, 1.807) is 52.8 Å². The lowest BCUT2D eigenvalue weighted by Crippen LogP contribution is -2.65. The van der Waals surface area contributed by atoms with Crippen LogP contribution in [0.3, 0.4) is 0 Å². The number of hydrogen-bond donors (Lipinski definition) is 2. The smallest absolute Gasteiger partial charge is 0.329 e. The summed E-state index contributed by atoms with van der Waals surface area (Å²) < 4.78 is 29.9. The summed E-state index contributed by atoms with van der Waals surface area (Å²) in [6, 6.07) is -1.08. The molecule has 0 aromatic rings. The van der Waals surface area contributed by atoms with Crippen LogP contribution in [0.25, 0.3) is 0 Å². The zero-order valence-corrected chi connectivity index (χ0v) is 41.3. The van der Waals surface area contributed by atoms with Gasteiger partial charge in [0.15, 0.2) is 5.78 Å². The fourth-order valence-electron chi connectivity index (χ4n) is 11.2. The highest BCUT2D eigenvalue weighted by molar-refractivity contribution is 7.99. The van der Waals surface area contributed by atoms with Crippen LogP contribution in [0, 0.1) is 41.4 Å². The number of methoxy groups -OCH3 is 3. The molecule has 65 heavy (non-hydrogen) atoms. The molecule has 1 amide bonds. The summed E-state index contributed by atoms with van der Waals surface area (Å²) in [7, 11) is 4.72. The highest BCUT2D eigenvalue weighted by Crippen LogP contribution is 2.46. The van der Waals surface area contributed by atoms with Crippen LogP contribution in [0.1, 0.15) is 112 Å². The number of fused-ring (bicyclic) bond motifs is 4. The number of allylic oxidation sites excluding steroid dienone is 6. The number of amides is 1. The molecule has 0 radical (unpaired) electrons. The Morgan fingerprint density at radius 3 is 2.29 bits per heavy atom. The van der Waals surface area contributed by atoms with Gasteiger partial charge in [-0.2, -0.15) is 11.8 Å². The number of carbonyl (C=O) groups is 5. The van der Waals surface area contributed by atoms with E-state index in [0.717, 1.165) is 24.8 Å². The normalized spacial score (nSPS) is 42.7. The van der Waals surface area contributed by atoms with E-state index < -0.39 is 83.7 Å². The van der Waals surface area contributed by atoms with Crippen molar-refractivity contribution in [2.75, 3.05) is 34.1 Å². The Balaban J connectivity index is 1.51.